The number of phenols is 4. The van der Waals surface area contributed by atoms with Crippen LogP contribution in [0.1, 0.15) is 5.56 Å². The number of aliphatic hydroxyl groups is 1. The molecular formula is C56H42N12O30S8. The van der Waals surface area contributed by atoms with Crippen molar-refractivity contribution in [2.75, 3.05) is 24.2 Å². The summed E-state index contributed by atoms with van der Waals surface area (Å²) in [6.45, 7) is -1.40. The quantitative estimate of drug-likeness (QED) is 0.0192. The molecule has 0 aromatic heterocycles. The maximum Gasteiger partial charge on any atom is 0.425 e. The number of hydrogen-bond donors (Lipinski definition) is 12. The lowest BCUT2D eigenvalue weighted by atomic mass is 10.1. The summed E-state index contributed by atoms with van der Waals surface area (Å²) in [6.07, 6.45) is 0.382. The number of aldehydes is 1. The van der Waals surface area contributed by atoms with Crippen molar-refractivity contribution in [2.24, 2.45) is 51.1 Å². The molecule has 0 aliphatic rings. The highest BCUT2D eigenvalue weighted by molar-refractivity contribution is 7.87. The van der Waals surface area contributed by atoms with Crippen LogP contribution in [0.25, 0.3) is 43.1 Å². The number of rotatable bonds is 20. The summed E-state index contributed by atoms with van der Waals surface area (Å²) >= 11 is 0. The monoisotopic (exact) mass is 1620 g/mol. The molecule has 50 heteroatoms. The van der Waals surface area contributed by atoms with E-state index in [1.54, 1.807) is 30.3 Å². The van der Waals surface area contributed by atoms with E-state index >= 15 is 0 Å². The van der Waals surface area contributed by atoms with E-state index < -0.39 is 177 Å². The Morgan fingerprint density at radius 3 is 1.45 bits per heavy atom. The first-order valence-corrected chi connectivity index (χ1v) is 37.8. The molecule has 0 spiro atoms. The molecule has 10 aromatic carbocycles. The van der Waals surface area contributed by atoms with Gasteiger partial charge in [0.05, 0.1) is 56.8 Å². The van der Waals surface area contributed by atoms with E-state index in [-0.39, 0.29) is 77.7 Å². The minimum absolute atomic E-state index is 0.00712. The predicted octanol–water partition coefficient (Wildman–Crippen LogP) is 9.56. The third kappa shape index (κ3) is 20.1. The van der Waals surface area contributed by atoms with Crippen LogP contribution >= 0.6 is 0 Å². The molecule has 0 atom stereocenters. The summed E-state index contributed by atoms with van der Waals surface area (Å²) in [5.74, 6) is -3.05. The van der Waals surface area contributed by atoms with Gasteiger partial charge in [-0.2, -0.15) is 47.2 Å². The molecule has 0 aliphatic carbocycles. The Morgan fingerprint density at radius 2 is 0.887 bits per heavy atom. The Kier molecular flexibility index (Phi) is 25.5. The number of aliphatic hydroxyl groups excluding tert-OH is 1. The van der Waals surface area contributed by atoms with Crippen LogP contribution in [0.2, 0.25) is 0 Å². The lowest BCUT2D eigenvalue weighted by Gasteiger charge is -2.13. The van der Waals surface area contributed by atoms with Gasteiger partial charge in [-0.15, -0.1) is 83.9 Å². The van der Waals surface area contributed by atoms with E-state index in [2.05, 4.69) is 61.8 Å². The van der Waals surface area contributed by atoms with Crippen molar-refractivity contribution in [2.45, 2.75) is 31.1 Å². The van der Waals surface area contributed by atoms with Gasteiger partial charge < -0.3 is 41.0 Å². The van der Waals surface area contributed by atoms with Crippen LogP contribution in [0, 0.1) is 0 Å². The highest BCUT2D eigenvalue weighted by Gasteiger charge is 2.29. The van der Waals surface area contributed by atoms with Gasteiger partial charge in [0.15, 0.2) is 17.2 Å². The molecule has 0 saturated heterocycles. The molecule has 12 N–H and O–H groups in total. The average molecular weight is 1620 g/mol. The van der Waals surface area contributed by atoms with Gasteiger partial charge in [-0.3, -0.25) is 22.8 Å². The average Bonchev–Trinajstić information content (AvgIpc) is 0.746. The largest absolute Gasteiger partial charge is 0.507 e. The Labute approximate surface area is 597 Å². The molecule has 10 rings (SSSR count). The number of anilines is 2. The van der Waals surface area contributed by atoms with Crippen molar-refractivity contribution in [3.05, 3.63) is 139 Å². The fraction of sp³-hybridized carbons (Fsp3) is 0.0536. The van der Waals surface area contributed by atoms with Gasteiger partial charge in [-0.25, -0.2) is 0 Å². The Hall–Kier alpha value is -11.9. The van der Waals surface area contributed by atoms with Gasteiger partial charge in [0.25, 0.3) is 50.6 Å². The standard InChI is InChI=1S/C56H42N12O21S5.3O3S/c1-57-38-12-9-34-33(8-13-40(53(34)72)61-65-45-23-36-27(20-48(45)92(81,82)83)7-11-39(54(36)73)60-59-30-5-3-2-4-6-30)51(38)67-62-41-14-10-35-37(56(41)94(87,88)89)24-49(93(84,85)86)52(55(35)74)68-63-42-25-43(58-15-16-69)44(19-29(42)26-70)64-66-46-21-31(90(75,76)77)17-28-18-32(91(78,79)80)22-47(71)50(28)46;3*1-4(2)3/h2-14,16-25,57-58,70-74H,15,26H2,1H3,(H,75,76,77)(H,78,79,80)(H,81,82,83)(H,84,85,86)(H,87,88,89);;;. The SMILES string of the molecule is CNc1ccc2c(O)c(N=Nc3cc4c(O)c(N=Nc5ccccc5)ccc4cc3S(=O)(=O)O)ccc2c1N=Nc1ccc2c(O)c(N=Nc3cc(NCC=O)c(N=Nc4cc(S(=O)(=O)O)cc5cc(S(=O)(=O)O)cc(O)c45)cc3CO)c(S(=O)(=O)O)cc2c1S(=O)(=O)O.O=S(=O)=O.O=S(=O)=O.O=S(=O)=O. The van der Waals surface area contributed by atoms with Crippen LogP contribution in [0.15, 0.2) is 209 Å². The maximum atomic E-state index is 13.3. The summed E-state index contributed by atoms with van der Waals surface area (Å²) in [7, 11) is -34.0. The van der Waals surface area contributed by atoms with Crippen molar-refractivity contribution in [1.29, 1.82) is 0 Å². The third-order valence-corrected chi connectivity index (χ3v) is 18.1. The van der Waals surface area contributed by atoms with Crippen molar-refractivity contribution < 1.29 is 133 Å². The molecule has 0 radical (unpaired) electrons. The minimum Gasteiger partial charge on any atom is -0.507 e. The second kappa shape index (κ2) is 33.2. The zero-order chi connectivity index (χ0) is 78.7. The van der Waals surface area contributed by atoms with E-state index in [1.165, 1.54) is 43.4 Å². The van der Waals surface area contributed by atoms with Gasteiger partial charge in [-0.1, -0.05) is 24.3 Å². The number of benzene rings is 10. The van der Waals surface area contributed by atoms with Crippen LogP contribution < -0.4 is 10.6 Å². The zero-order valence-electron chi connectivity index (χ0n) is 52.1. The first-order chi connectivity index (χ1) is 49.5. The van der Waals surface area contributed by atoms with E-state index in [4.69, 9.17) is 37.9 Å². The number of fused-ring (bicyclic) bond motifs is 4. The van der Waals surface area contributed by atoms with E-state index in [0.717, 1.165) is 54.6 Å². The second-order valence-corrected chi connectivity index (χ2v) is 28.5. The van der Waals surface area contributed by atoms with Crippen LogP contribution in [0.5, 0.6) is 23.0 Å². The molecule has 0 unspecified atom stereocenters. The second-order valence-electron chi connectivity index (χ2n) is 20.3. The molecule has 0 heterocycles. The molecular weight excluding hydrogens is 1580 g/mol. The van der Waals surface area contributed by atoms with Gasteiger partial charge >= 0.3 is 31.8 Å². The lowest BCUT2D eigenvalue weighted by Crippen LogP contribution is -2.03. The molecule has 554 valence electrons. The number of carbonyl (C=O) groups is 1. The van der Waals surface area contributed by atoms with Crippen LogP contribution in [-0.2, 0) is 93.8 Å². The first-order valence-electron chi connectivity index (χ1n) is 27.6. The fourth-order valence-electron chi connectivity index (χ4n) is 9.49. The topological polar surface area (TPSA) is 691 Å². The first kappa shape index (κ1) is 81.4. The molecule has 10 aromatic rings. The van der Waals surface area contributed by atoms with Crippen molar-refractivity contribution >= 4 is 200 Å². The third-order valence-electron chi connectivity index (χ3n) is 13.8. The highest BCUT2D eigenvalue weighted by Crippen LogP contribution is 2.49. The van der Waals surface area contributed by atoms with E-state index in [1.807, 2.05) is 0 Å². The fourth-order valence-corrected chi connectivity index (χ4v) is 12.7. The minimum atomic E-state index is -5.58. The summed E-state index contributed by atoms with van der Waals surface area (Å²) < 4.78 is 253. The summed E-state index contributed by atoms with van der Waals surface area (Å²) in [5.41, 5.74) is -3.57. The number of nitrogens with zero attached hydrogens (tertiary/aromatic N) is 10. The Bertz CT molecular complexity index is 6350. The van der Waals surface area contributed by atoms with Crippen LogP contribution in [0.3, 0.4) is 0 Å². The van der Waals surface area contributed by atoms with Crippen molar-refractivity contribution in [3.63, 3.8) is 0 Å². The van der Waals surface area contributed by atoms with E-state index in [0.29, 0.717) is 24.1 Å². The number of aromatic hydroxyl groups is 4. The van der Waals surface area contributed by atoms with Gasteiger partial charge in [0.2, 0.25) is 0 Å². The van der Waals surface area contributed by atoms with Crippen molar-refractivity contribution in [1.82, 2.24) is 0 Å². The molecule has 0 amide bonds. The Morgan fingerprint density at radius 1 is 0.396 bits per heavy atom. The molecule has 106 heavy (non-hydrogen) atoms. The normalized spacial score (nSPS) is 12.1. The number of azo groups is 5. The smallest absolute Gasteiger partial charge is 0.425 e. The van der Waals surface area contributed by atoms with Crippen LogP contribution in [0.4, 0.5) is 68.2 Å². The molecule has 0 bridgehead atoms. The van der Waals surface area contributed by atoms with Gasteiger partial charge in [0, 0.05) is 45.6 Å². The zero-order valence-corrected chi connectivity index (χ0v) is 58.6. The van der Waals surface area contributed by atoms with Gasteiger partial charge in [0.1, 0.15) is 66.5 Å². The highest BCUT2D eigenvalue weighted by atomic mass is 32.2. The summed E-state index contributed by atoms with van der Waals surface area (Å²) in [4.78, 5) is 6.59. The lowest BCUT2D eigenvalue weighted by molar-refractivity contribution is -0.106. The Balaban J connectivity index is 0.00000121. The van der Waals surface area contributed by atoms with Crippen molar-refractivity contribution in [3.8, 4) is 23.0 Å². The summed E-state index contributed by atoms with van der Waals surface area (Å²) in [6, 6.07) is 26.2. The molecule has 0 aliphatic heterocycles. The van der Waals surface area contributed by atoms with Gasteiger partial charge in [-0.05, 0) is 114 Å². The number of phenolic OH excluding ortho intramolecular Hbond substituents is 4. The maximum absolute atomic E-state index is 13.3. The summed E-state index contributed by atoms with van der Waals surface area (Å²) in [5, 5.41) is 99.8. The van der Waals surface area contributed by atoms with E-state index in [9.17, 15) is 95.2 Å². The number of nitrogens with one attached hydrogen (secondary N) is 2. The molecule has 0 fully saturated rings. The number of hydrogen-bond acceptors (Lipinski definition) is 37. The predicted molar refractivity (Wildman–Crippen MR) is 364 cm³/mol. The molecule has 42 nitrogen and oxygen atoms in total. The van der Waals surface area contributed by atoms with Crippen LogP contribution in [-0.4, -0.2) is 148 Å². The number of carbonyl (C=O) groups excluding carboxylic acids is 1. The molecule has 0 saturated carbocycles.